The molecule has 0 bridgehead atoms. The first kappa shape index (κ1) is 10.8. The van der Waals surface area contributed by atoms with E-state index in [2.05, 4.69) is 15.3 Å². The normalized spacial score (nSPS) is 10.6. The van der Waals surface area contributed by atoms with Crippen LogP contribution in [0.3, 0.4) is 0 Å². The van der Waals surface area contributed by atoms with E-state index in [4.69, 9.17) is 0 Å². The molecule has 16 heavy (non-hydrogen) atoms. The van der Waals surface area contributed by atoms with Crippen LogP contribution in [0.25, 0.3) is 11.3 Å². The Kier molecular flexibility index (Phi) is 3.31. The van der Waals surface area contributed by atoms with Crippen LogP contribution in [-0.2, 0) is 6.54 Å². The van der Waals surface area contributed by atoms with Crippen LogP contribution < -0.4 is 5.32 Å². The molecule has 0 saturated heterocycles. The summed E-state index contributed by atoms with van der Waals surface area (Å²) in [5.41, 5.74) is 1.66. The molecule has 2 aromatic rings. The maximum absolute atomic E-state index is 13.0. The number of benzene rings is 1. The Hall–Kier alpha value is -1.68. The molecular weight excluding hydrogens is 205 g/mol. The lowest BCUT2D eigenvalue weighted by Crippen LogP contribution is -2.12. The fraction of sp³-hybridized carbons (Fsp3) is 0.250. The van der Waals surface area contributed by atoms with Gasteiger partial charge in [-0.1, -0.05) is 19.1 Å². The lowest BCUT2D eigenvalue weighted by atomic mass is 10.2. The second-order valence-corrected chi connectivity index (χ2v) is 3.53. The number of rotatable bonds is 4. The molecule has 1 heterocycles. The predicted octanol–water partition coefficient (Wildman–Crippen LogP) is 2.33. The molecule has 0 fully saturated rings. The molecule has 2 N–H and O–H groups in total. The van der Waals surface area contributed by atoms with Gasteiger partial charge >= 0.3 is 0 Å². The van der Waals surface area contributed by atoms with Gasteiger partial charge in [-0.3, -0.25) is 0 Å². The number of imidazole rings is 1. The Labute approximate surface area is 93.7 Å². The van der Waals surface area contributed by atoms with Crippen molar-refractivity contribution in [2.24, 2.45) is 0 Å². The van der Waals surface area contributed by atoms with Crippen LogP contribution in [0, 0.1) is 5.82 Å². The molecule has 0 aliphatic heterocycles. The van der Waals surface area contributed by atoms with Crippen LogP contribution in [0.5, 0.6) is 0 Å². The summed E-state index contributed by atoms with van der Waals surface area (Å²) in [5, 5.41) is 3.17. The minimum absolute atomic E-state index is 0.236. The fourth-order valence-corrected chi connectivity index (χ4v) is 1.50. The molecule has 1 aromatic carbocycles. The van der Waals surface area contributed by atoms with E-state index in [9.17, 15) is 4.39 Å². The van der Waals surface area contributed by atoms with Gasteiger partial charge in [0, 0.05) is 5.56 Å². The first-order valence-electron chi connectivity index (χ1n) is 5.30. The number of nitrogens with zero attached hydrogens (tertiary/aromatic N) is 1. The number of hydrogen-bond acceptors (Lipinski definition) is 2. The monoisotopic (exact) mass is 219 g/mol. The highest BCUT2D eigenvalue weighted by Crippen LogP contribution is 2.17. The van der Waals surface area contributed by atoms with Gasteiger partial charge in [0.15, 0.2) is 0 Å². The summed E-state index contributed by atoms with van der Waals surface area (Å²) in [6.07, 6.45) is 1.72. The number of halogens is 1. The first-order valence-corrected chi connectivity index (χ1v) is 5.30. The highest BCUT2D eigenvalue weighted by molar-refractivity contribution is 5.58. The molecule has 1 aromatic heterocycles. The van der Waals surface area contributed by atoms with E-state index < -0.39 is 0 Å². The molecule has 3 nitrogen and oxygen atoms in total. The van der Waals surface area contributed by atoms with Crippen molar-refractivity contribution < 1.29 is 4.39 Å². The van der Waals surface area contributed by atoms with Crippen molar-refractivity contribution in [1.29, 1.82) is 0 Å². The van der Waals surface area contributed by atoms with Crippen molar-refractivity contribution >= 4 is 0 Å². The third-order valence-corrected chi connectivity index (χ3v) is 2.31. The molecule has 0 atom stereocenters. The summed E-state index contributed by atoms with van der Waals surface area (Å²) in [7, 11) is 0. The van der Waals surface area contributed by atoms with E-state index in [0.29, 0.717) is 6.54 Å². The van der Waals surface area contributed by atoms with Crippen LogP contribution >= 0.6 is 0 Å². The Morgan fingerprint density at radius 1 is 1.44 bits per heavy atom. The van der Waals surface area contributed by atoms with Gasteiger partial charge in [0.1, 0.15) is 11.6 Å². The molecule has 0 aliphatic carbocycles. The highest BCUT2D eigenvalue weighted by Gasteiger charge is 2.03. The SMILES string of the molecule is CCNCc1ncc(-c2cccc(F)c2)[nH]1. The zero-order valence-corrected chi connectivity index (χ0v) is 9.13. The molecule has 0 saturated carbocycles. The van der Waals surface area contributed by atoms with Gasteiger partial charge in [0.25, 0.3) is 0 Å². The Morgan fingerprint density at radius 3 is 3.06 bits per heavy atom. The van der Waals surface area contributed by atoms with Crippen molar-refractivity contribution in [3.05, 3.63) is 42.1 Å². The average molecular weight is 219 g/mol. The van der Waals surface area contributed by atoms with E-state index in [1.165, 1.54) is 12.1 Å². The van der Waals surface area contributed by atoms with E-state index in [1.54, 1.807) is 12.3 Å². The minimum Gasteiger partial charge on any atom is -0.341 e. The van der Waals surface area contributed by atoms with Crippen molar-refractivity contribution in [3.63, 3.8) is 0 Å². The van der Waals surface area contributed by atoms with Crippen molar-refractivity contribution in [2.75, 3.05) is 6.54 Å². The smallest absolute Gasteiger partial charge is 0.123 e. The summed E-state index contributed by atoms with van der Waals surface area (Å²) in [6, 6.07) is 6.47. The summed E-state index contributed by atoms with van der Waals surface area (Å²) in [4.78, 5) is 7.37. The Balaban J connectivity index is 2.18. The standard InChI is InChI=1S/C12H14FN3/c1-2-14-8-12-15-7-11(16-12)9-4-3-5-10(13)6-9/h3-7,14H,2,8H2,1H3,(H,15,16). The van der Waals surface area contributed by atoms with Gasteiger partial charge < -0.3 is 10.3 Å². The van der Waals surface area contributed by atoms with E-state index in [0.717, 1.165) is 23.6 Å². The van der Waals surface area contributed by atoms with Gasteiger partial charge in [0.2, 0.25) is 0 Å². The molecule has 84 valence electrons. The lowest BCUT2D eigenvalue weighted by molar-refractivity contribution is 0.628. The first-order chi connectivity index (χ1) is 7.79. The Bertz CT molecular complexity index is 465. The third-order valence-electron chi connectivity index (χ3n) is 2.31. The van der Waals surface area contributed by atoms with Crippen LogP contribution in [0.1, 0.15) is 12.7 Å². The lowest BCUT2D eigenvalue weighted by Gasteiger charge is -1.98. The van der Waals surface area contributed by atoms with E-state index in [-0.39, 0.29) is 5.82 Å². The number of H-pyrrole nitrogens is 1. The molecule has 0 unspecified atom stereocenters. The molecule has 0 radical (unpaired) electrons. The molecular formula is C12H14FN3. The maximum atomic E-state index is 13.0. The zero-order valence-electron chi connectivity index (χ0n) is 9.13. The predicted molar refractivity (Wildman–Crippen MR) is 61.4 cm³/mol. The number of hydrogen-bond donors (Lipinski definition) is 2. The fourth-order valence-electron chi connectivity index (χ4n) is 1.50. The minimum atomic E-state index is -0.236. The quantitative estimate of drug-likeness (QED) is 0.828. The summed E-state index contributed by atoms with van der Waals surface area (Å²) in [5.74, 6) is 0.626. The van der Waals surface area contributed by atoms with Crippen molar-refractivity contribution in [2.45, 2.75) is 13.5 Å². The molecule has 4 heteroatoms. The topological polar surface area (TPSA) is 40.7 Å². The summed E-state index contributed by atoms with van der Waals surface area (Å²) in [6.45, 7) is 3.64. The summed E-state index contributed by atoms with van der Waals surface area (Å²) >= 11 is 0. The Morgan fingerprint density at radius 2 is 2.31 bits per heavy atom. The van der Waals surface area contributed by atoms with Crippen molar-refractivity contribution in [1.82, 2.24) is 15.3 Å². The van der Waals surface area contributed by atoms with Crippen molar-refractivity contribution in [3.8, 4) is 11.3 Å². The largest absolute Gasteiger partial charge is 0.341 e. The van der Waals surface area contributed by atoms with Crippen LogP contribution in [0.4, 0.5) is 4.39 Å². The van der Waals surface area contributed by atoms with Gasteiger partial charge in [-0.25, -0.2) is 9.37 Å². The number of aromatic amines is 1. The average Bonchev–Trinajstić information content (AvgIpc) is 2.75. The van der Waals surface area contributed by atoms with Crippen LogP contribution in [0.15, 0.2) is 30.5 Å². The second-order valence-electron chi connectivity index (χ2n) is 3.53. The number of aromatic nitrogens is 2. The van der Waals surface area contributed by atoms with E-state index >= 15 is 0 Å². The van der Waals surface area contributed by atoms with E-state index in [1.807, 2.05) is 13.0 Å². The second kappa shape index (κ2) is 4.90. The van der Waals surface area contributed by atoms with Crippen LogP contribution in [0.2, 0.25) is 0 Å². The van der Waals surface area contributed by atoms with Gasteiger partial charge in [-0.2, -0.15) is 0 Å². The van der Waals surface area contributed by atoms with Gasteiger partial charge in [-0.15, -0.1) is 0 Å². The molecule has 0 amide bonds. The zero-order chi connectivity index (χ0) is 11.4. The van der Waals surface area contributed by atoms with Gasteiger partial charge in [-0.05, 0) is 18.7 Å². The van der Waals surface area contributed by atoms with Crippen LogP contribution in [-0.4, -0.2) is 16.5 Å². The summed E-state index contributed by atoms with van der Waals surface area (Å²) < 4.78 is 13.0. The number of nitrogens with one attached hydrogen (secondary N) is 2. The molecule has 0 aliphatic rings. The molecule has 0 spiro atoms. The third kappa shape index (κ3) is 2.46. The molecule has 2 rings (SSSR count). The van der Waals surface area contributed by atoms with Gasteiger partial charge in [0.05, 0.1) is 18.4 Å². The highest BCUT2D eigenvalue weighted by atomic mass is 19.1. The maximum Gasteiger partial charge on any atom is 0.123 e.